The highest BCUT2D eigenvalue weighted by atomic mass is 35.5. The molecular weight excluding hydrogens is 535 g/mol. The first-order valence-electron chi connectivity index (χ1n) is 13.0. The summed E-state index contributed by atoms with van der Waals surface area (Å²) < 4.78 is 10.7. The van der Waals surface area contributed by atoms with Crippen LogP contribution in [-0.4, -0.2) is 43.0 Å². The number of carbonyl (C=O) groups excluding carboxylic acids is 2. The number of hydrogen-bond donors (Lipinski definition) is 1. The molecule has 8 heteroatoms. The van der Waals surface area contributed by atoms with Gasteiger partial charge in [-0.25, -0.2) is 0 Å². The molecule has 0 radical (unpaired) electrons. The van der Waals surface area contributed by atoms with Crippen LogP contribution in [0.4, 0.5) is 0 Å². The zero-order valence-corrected chi connectivity index (χ0v) is 24.4. The van der Waals surface area contributed by atoms with E-state index < -0.39 is 6.04 Å². The average Bonchev–Trinajstić information content (AvgIpc) is 2.95. The fourth-order valence-corrected chi connectivity index (χ4v) is 4.80. The first-order chi connectivity index (χ1) is 18.8. The molecular formula is C31H36Cl2N2O4. The van der Waals surface area contributed by atoms with Gasteiger partial charge in [0, 0.05) is 41.0 Å². The van der Waals surface area contributed by atoms with E-state index >= 15 is 0 Å². The normalized spacial score (nSPS) is 12.4. The summed E-state index contributed by atoms with van der Waals surface area (Å²) in [7, 11) is 3.15. The van der Waals surface area contributed by atoms with Gasteiger partial charge in [-0.2, -0.15) is 0 Å². The molecule has 0 aliphatic heterocycles. The van der Waals surface area contributed by atoms with Crippen LogP contribution in [0.25, 0.3) is 0 Å². The van der Waals surface area contributed by atoms with Crippen molar-refractivity contribution in [3.63, 3.8) is 0 Å². The first-order valence-corrected chi connectivity index (χ1v) is 13.8. The van der Waals surface area contributed by atoms with E-state index in [0.29, 0.717) is 39.9 Å². The SMILES string of the molecule is CCC(C)NC(=O)C(Cc1ccccc1)N(Cc1c(Cl)cccc1Cl)C(=O)CCc1ccc(OC)c(OC)c1. The predicted octanol–water partition coefficient (Wildman–Crippen LogP) is 6.50. The second kappa shape index (κ2) is 14.8. The third kappa shape index (κ3) is 8.38. The van der Waals surface area contributed by atoms with E-state index in [9.17, 15) is 9.59 Å². The standard InChI is InChI=1S/C31H36Cl2N2O4/c1-5-21(2)34-31(37)27(18-22-10-7-6-8-11-22)35(20-24-25(32)12-9-13-26(24)33)30(36)17-15-23-14-16-28(38-3)29(19-23)39-4/h6-14,16,19,21,27H,5,15,17-18,20H2,1-4H3,(H,34,37). The molecule has 208 valence electrons. The summed E-state index contributed by atoms with van der Waals surface area (Å²) >= 11 is 13.0. The summed E-state index contributed by atoms with van der Waals surface area (Å²) in [6.45, 7) is 4.06. The molecule has 2 unspecified atom stereocenters. The molecule has 0 spiro atoms. The Morgan fingerprint density at radius 3 is 2.18 bits per heavy atom. The van der Waals surface area contributed by atoms with Crippen LogP contribution < -0.4 is 14.8 Å². The van der Waals surface area contributed by atoms with E-state index in [0.717, 1.165) is 17.5 Å². The van der Waals surface area contributed by atoms with Gasteiger partial charge in [-0.05, 0) is 55.2 Å². The average molecular weight is 572 g/mol. The number of rotatable bonds is 13. The van der Waals surface area contributed by atoms with Crippen LogP contribution in [0, 0.1) is 0 Å². The zero-order chi connectivity index (χ0) is 28.4. The van der Waals surface area contributed by atoms with Crippen molar-refractivity contribution in [1.82, 2.24) is 10.2 Å². The minimum absolute atomic E-state index is 0.0385. The number of amides is 2. The maximum absolute atomic E-state index is 13.9. The smallest absolute Gasteiger partial charge is 0.243 e. The fourth-order valence-electron chi connectivity index (χ4n) is 4.28. The molecule has 0 bridgehead atoms. The third-order valence-electron chi connectivity index (χ3n) is 6.74. The van der Waals surface area contributed by atoms with Gasteiger partial charge >= 0.3 is 0 Å². The molecule has 1 N–H and O–H groups in total. The van der Waals surface area contributed by atoms with Crippen molar-refractivity contribution in [1.29, 1.82) is 0 Å². The molecule has 0 fully saturated rings. The number of nitrogens with one attached hydrogen (secondary N) is 1. The van der Waals surface area contributed by atoms with Gasteiger partial charge in [0.2, 0.25) is 11.8 Å². The summed E-state index contributed by atoms with van der Waals surface area (Å²) in [5.74, 6) is 0.820. The topological polar surface area (TPSA) is 67.9 Å². The second-order valence-corrected chi connectivity index (χ2v) is 10.2. The Morgan fingerprint density at radius 1 is 0.897 bits per heavy atom. The van der Waals surface area contributed by atoms with Crippen LogP contribution in [0.3, 0.4) is 0 Å². The lowest BCUT2D eigenvalue weighted by Crippen LogP contribution is -2.52. The van der Waals surface area contributed by atoms with Crippen LogP contribution in [0.5, 0.6) is 11.5 Å². The zero-order valence-electron chi connectivity index (χ0n) is 22.9. The quantitative estimate of drug-likeness (QED) is 0.255. The van der Waals surface area contributed by atoms with Crippen molar-refractivity contribution in [2.75, 3.05) is 14.2 Å². The molecule has 6 nitrogen and oxygen atoms in total. The Bertz CT molecular complexity index is 1230. The van der Waals surface area contributed by atoms with E-state index in [1.165, 1.54) is 0 Å². The van der Waals surface area contributed by atoms with Gasteiger partial charge in [-0.3, -0.25) is 9.59 Å². The van der Waals surface area contributed by atoms with E-state index in [-0.39, 0.29) is 30.8 Å². The maximum atomic E-state index is 13.9. The Labute approximate surface area is 241 Å². The number of nitrogens with zero attached hydrogens (tertiary/aromatic N) is 1. The van der Waals surface area contributed by atoms with Crippen LogP contribution in [0.1, 0.15) is 43.4 Å². The molecule has 0 aliphatic rings. The predicted molar refractivity (Wildman–Crippen MR) is 157 cm³/mol. The van der Waals surface area contributed by atoms with Crippen LogP contribution >= 0.6 is 23.2 Å². The number of hydrogen-bond acceptors (Lipinski definition) is 4. The summed E-state index contributed by atoms with van der Waals surface area (Å²) in [6.07, 6.45) is 1.76. The van der Waals surface area contributed by atoms with Crippen LogP contribution in [0.15, 0.2) is 66.7 Å². The van der Waals surface area contributed by atoms with Gasteiger partial charge in [0.15, 0.2) is 11.5 Å². The van der Waals surface area contributed by atoms with Gasteiger partial charge in [0.25, 0.3) is 0 Å². The number of methoxy groups -OCH3 is 2. The second-order valence-electron chi connectivity index (χ2n) is 9.43. The fraction of sp³-hybridized carbons (Fsp3) is 0.355. The molecule has 0 saturated carbocycles. The minimum Gasteiger partial charge on any atom is -0.493 e. The molecule has 0 heterocycles. The Morgan fingerprint density at radius 2 is 1.56 bits per heavy atom. The number of halogens is 2. The van der Waals surface area contributed by atoms with Crippen molar-refractivity contribution in [2.45, 2.75) is 58.2 Å². The summed E-state index contributed by atoms with van der Waals surface area (Å²) in [5.41, 5.74) is 2.47. The maximum Gasteiger partial charge on any atom is 0.243 e. The minimum atomic E-state index is -0.758. The highest BCUT2D eigenvalue weighted by Crippen LogP contribution is 2.30. The van der Waals surface area contributed by atoms with Crippen LogP contribution in [0.2, 0.25) is 10.0 Å². The van der Waals surface area contributed by atoms with Crippen molar-refractivity contribution in [3.8, 4) is 11.5 Å². The Hall–Kier alpha value is -3.22. The monoisotopic (exact) mass is 570 g/mol. The molecule has 0 aromatic heterocycles. The lowest BCUT2D eigenvalue weighted by Gasteiger charge is -2.33. The van der Waals surface area contributed by atoms with E-state index in [1.54, 1.807) is 37.3 Å². The van der Waals surface area contributed by atoms with Crippen LogP contribution in [-0.2, 0) is 29.0 Å². The molecule has 0 aliphatic carbocycles. The molecule has 2 atom stereocenters. The number of aryl methyl sites for hydroxylation is 1. The number of carbonyl (C=O) groups is 2. The van der Waals surface area contributed by atoms with Crippen molar-refractivity contribution in [2.24, 2.45) is 0 Å². The highest BCUT2D eigenvalue weighted by molar-refractivity contribution is 6.36. The van der Waals surface area contributed by atoms with Crippen molar-refractivity contribution in [3.05, 3.63) is 93.5 Å². The lowest BCUT2D eigenvalue weighted by molar-refractivity contribution is -0.141. The molecule has 39 heavy (non-hydrogen) atoms. The molecule has 3 aromatic rings. The van der Waals surface area contributed by atoms with Crippen molar-refractivity contribution >= 4 is 35.0 Å². The van der Waals surface area contributed by atoms with Gasteiger partial charge in [0.1, 0.15) is 6.04 Å². The summed E-state index contributed by atoms with van der Waals surface area (Å²) in [6, 6.07) is 19.7. The number of ether oxygens (including phenoxy) is 2. The third-order valence-corrected chi connectivity index (χ3v) is 7.45. The van der Waals surface area contributed by atoms with Crippen molar-refractivity contribution < 1.29 is 19.1 Å². The van der Waals surface area contributed by atoms with Gasteiger partial charge in [-0.1, -0.05) is 72.6 Å². The largest absolute Gasteiger partial charge is 0.493 e. The van der Waals surface area contributed by atoms with Gasteiger partial charge < -0.3 is 19.7 Å². The summed E-state index contributed by atoms with van der Waals surface area (Å²) in [5, 5.41) is 3.96. The number of benzene rings is 3. The molecule has 3 aromatic carbocycles. The Kier molecular flexibility index (Phi) is 11.5. The molecule has 0 saturated heterocycles. The Balaban J connectivity index is 1.96. The summed E-state index contributed by atoms with van der Waals surface area (Å²) in [4.78, 5) is 29.2. The molecule has 2 amide bonds. The van der Waals surface area contributed by atoms with Gasteiger partial charge in [0.05, 0.1) is 14.2 Å². The molecule has 3 rings (SSSR count). The highest BCUT2D eigenvalue weighted by Gasteiger charge is 2.31. The van der Waals surface area contributed by atoms with E-state index in [4.69, 9.17) is 32.7 Å². The first kappa shape index (κ1) is 30.3. The lowest BCUT2D eigenvalue weighted by atomic mass is 10.0. The van der Waals surface area contributed by atoms with E-state index in [2.05, 4.69) is 5.32 Å². The van der Waals surface area contributed by atoms with Gasteiger partial charge in [-0.15, -0.1) is 0 Å². The van der Waals surface area contributed by atoms with E-state index in [1.807, 2.05) is 62.4 Å².